The van der Waals surface area contributed by atoms with Gasteiger partial charge >= 0.3 is 0 Å². The Morgan fingerprint density at radius 2 is 2.15 bits per heavy atom. The summed E-state index contributed by atoms with van der Waals surface area (Å²) in [7, 11) is 0. The molecule has 0 bridgehead atoms. The van der Waals surface area contributed by atoms with Crippen molar-refractivity contribution in [3.63, 3.8) is 0 Å². The topological polar surface area (TPSA) is 38.5 Å². The van der Waals surface area contributed by atoms with Gasteiger partial charge < -0.3 is 10.5 Å². The minimum atomic E-state index is 0.138. The maximum absolute atomic E-state index is 6.26. The highest BCUT2D eigenvalue weighted by Crippen LogP contribution is 2.35. The molecule has 0 radical (unpaired) electrons. The molecule has 3 nitrogen and oxygen atoms in total. The van der Waals surface area contributed by atoms with Crippen molar-refractivity contribution in [1.29, 1.82) is 0 Å². The first-order valence-electron chi connectivity index (χ1n) is 7.90. The van der Waals surface area contributed by atoms with E-state index in [9.17, 15) is 0 Å². The molecule has 0 saturated carbocycles. The fraction of sp³-hybridized carbons (Fsp3) is 0.647. The van der Waals surface area contributed by atoms with Crippen LogP contribution in [0.5, 0.6) is 0 Å². The number of hydrogen-bond acceptors (Lipinski definition) is 3. The van der Waals surface area contributed by atoms with Crippen molar-refractivity contribution >= 4 is 0 Å². The number of fused-ring (bicyclic) bond motifs is 1. The van der Waals surface area contributed by atoms with Crippen LogP contribution in [-0.2, 0) is 17.6 Å². The largest absolute Gasteiger partial charge is 0.378 e. The molecule has 1 saturated heterocycles. The molecule has 0 spiro atoms. The number of rotatable bonds is 3. The molecule has 3 heteroatoms. The van der Waals surface area contributed by atoms with Crippen LogP contribution in [0.2, 0.25) is 0 Å². The van der Waals surface area contributed by atoms with Crippen LogP contribution >= 0.6 is 0 Å². The Bertz CT molecular complexity index is 462. The third-order valence-corrected chi connectivity index (χ3v) is 5.19. The highest BCUT2D eigenvalue weighted by atomic mass is 16.5. The van der Waals surface area contributed by atoms with E-state index < -0.39 is 0 Å². The van der Waals surface area contributed by atoms with Crippen molar-refractivity contribution < 1.29 is 4.74 Å². The van der Waals surface area contributed by atoms with Crippen LogP contribution < -0.4 is 5.73 Å². The summed E-state index contributed by atoms with van der Waals surface area (Å²) in [6.45, 7) is 5.74. The van der Waals surface area contributed by atoms with Gasteiger partial charge in [0.1, 0.15) is 0 Å². The average molecular weight is 274 g/mol. The van der Waals surface area contributed by atoms with Crippen molar-refractivity contribution in [1.82, 2.24) is 4.90 Å². The van der Waals surface area contributed by atoms with Crippen molar-refractivity contribution in [2.24, 2.45) is 5.73 Å². The summed E-state index contributed by atoms with van der Waals surface area (Å²) >= 11 is 0. The molecule has 110 valence electrons. The number of nitrogens with zero attached hydrogens (tertiary/aromatic N) is 1. The quantitative estimate of drug-likeness (QED) is 0.916. The second-order valence-corrected chi connectivity index (χ2v) is 6.20. The molecular weight excluding hydrogens is 248 g/mol. The van der Waals surface area contributed by atoms with Crippen LogP contribution in [-0.4, -0.2) is 42.8 Å². The molecule has 1 aliphatic carbocycles. The molecule has 2 atom stereocenters. The smallest absolute Gasteiger partial charge is 0.0622 e. The second-order valence-electron chi connectivity index (χ2n) is 6.20. The van der Waals surface area contributed by atoms with E-state index in [2.05, 4.69) is 36.1 Å². The predicted octanol–water partition coefficient (Wildman–Crippen LogP) is 1.98. The highest BCUT2D eigenvalue weighted by molar-refractivity contribution is 5.32. The molecule has 2 aliphatic rings. The first-order chi connectivity index (χ1) is 9.79. The molecule has 2 unspecified atom stereocenters. The number of hydrogen-bond donors (Lipinski definition) is 1. The fourth-order valence-electron chi connectivity index (χ4n) is 3.94. The fourth-order valence-corrected chi connectivity index (χ4v) is 3.94. The lowest BCUT2D eigenvalue weighted by atomic mass is 9.76. The Morgan fingerprint density at radius 1 is 1.35 bits per heavy atom. The number of morpholine rings is 1. The second kappa shape index (κ2) is 5.84. The summed E-state index contributed by atoms with van der Waals surface area (Å²) in [6.07, 6.45) is 4.57. The standard InChI is InChI=1S/C17H26N2O/c1-2-16-12-20-10-9-19(16)17(13-18)8-7-14-5-3-4-6-15(14)11-17/h3-6,16H,2,7-13,18H2,1H3. The SMILES string of the molecule is CCC1COCCN1C1(CN)CCc2ccccc2C1. The first kappa shape index (κ1) is 14.1. The highest BCUT2D eigenvalue weighted by Gasteiger charge is 2.42. The van der Waals surface area contributed by atoms with Gasteiger partial charge in [-0.25, -0.2) is 0 Å². The molecule has 1 aliphatic heterocycles. The van der Waals surface area contributed by atoms with E-state index >= 15 is 0 Å². The van der Waals surface area contributed by atoms with Crippen LogP contribution in [0.3, 0.4) is 0 Å². The zero-order chi connectivity index (χ0) is 14.0. The van der Waals surface area contributed by atoms with E-state index in [1.807, 2.05) is 0 Å². The van der Waals surface area contributed by atoms with E-state index in [-0.39, 0.29) is 5.54 Å². The van der Waals surface area contributed by atoms with Crippen LogP contribution in [0.1, 0.15) is 30.9 Å². The third-order valence-electron chi connectivity index (χ3n) is 5.19. The lowest BCUT2D eigenvalue weighted by Gasteiger charge is -2.51. The van der Waals surface area contributed by atoms with E-state index in [0.29, 0.717) is 6.04 Å². The Hall–Kier alpha value is -0.900. The van der Waals surface area contributed by atoms with E-state index in [1.165, 1.54) is 17.5 Å². The van der Waals surface area contributed by atoms with Crippen molar-refractivity contribution in [3.05, 3.63) is 35.4 Å². The van der Waals surface area contributed by atoms with Crippen molar-refractivity contribution in [2.45, 2.75) is 44.2 Å². The monoisotopic (exact) mass is 274 g/mol. The number of aryl methyl sites for hydroxylation is 1. The summed E-state index contributed by atoms with van der Waals surface area (Å²) in [5, 5.41) is 0. The molecule has 20 heavy (non-hydrogen) atoms. The molecule has 2 N–H and O–H groups in total. The summed E-state index contributed by atoms with van der Waals surface area (Å²) in [6, 6.07) is 9.38. The van der Waals surface area contributed by atoms with Crippen molar-refractivity contribution in [2.75, 3.05) is 26.3 Å². The lowest BCUT2D eigenvalue weighted by molar-refractivity contribution is -0.0684. The minimum absolute atomic E-state index is 0.138. The van der Waals surface area contributed by atoms with Gasteiger partial charge in [-0.3, -0.25) is 4.90 Å². The Kier molecular flexibility index (Phi) is 4.11. The van der Waals surface area contributed by atoms with Gasteiger partial charge in [0.15, 0.2) is 0 Å². The van der Waals surface area contributed by atoms with Crippen LogP contribution in [0.25, 0.3) is 0 Å². The number of nitrogens with two attached hydrogens (primary N) is 1. The molecule has 3 rings (SSSR count). The van der Waals surface area contributed by atoms with Gasteiger partial charge in [-0.15, -0.1) is 0 Å². The maximum Gasteiger partial charge on any atom is 0.0622 e. The normalized spacial score (nSPS) is 31.0. The molecule has 0 aromatic heterocycles. The zero-order valence-corrected chi connectivity index (χ0v) is 12.5. The lowest BCUT2D eigenvalue weighted by Crippen LogP contribution is -2.63. The van der Waals surface area contributed by atoms with Gasteiger partial charge in [-0.2, -0.15) is 0 Å². The van der Waals surface area contributed by atoms with Gasteiger partial charge in [0.2, 0.25) is 0 Å². The summed E-state index contributed by atoms with van der Waals surface area (Å²) in [5.74, 6) is 0. The van der Waals surface area contributed by atoms with Crippen LogP contribution in [0, 0.1) is 0 Å². The number of benzene rings is 1. The van der Waals surface area contributed by atoms with Gasteiger partial charge in [-0.05, 0) is 36.8 Å². The predicted molar refractivity (Wildman–Crippen MR) is 81.9 cm³/mol. The Morgan fingerprint density at radius 3 is 2.90 bits per heavy atom. The zero-order valence-electron chi connectivity index (χ0n) is 12.5. The maximum atomic E-state index is 6.26. The number of ether oxygens (including phenoxy) is 1. The summed E-state index contributed by atoms with van der Waals surface area (Å²) < 4.78 is 5.67. The summed E-state index contributed by atoms with van der Waals surface area (Å²) in [4.78, 5) is 2.66. The summed E-state index contributed by atoms with van der Waals surface area (Å²) in [5.41, 5.74) is 9.40. The average Bonchev–Trinajstić information content (AvgIpc) is 2.54. The Labute approximate surface area is 122 Å². The van der Waals surface area contributed by atoms with Gasteiger partial charge in [0.05, 0.1) is 13.2 Å². The Balaban J connectivity index is 1.88. The molecule has 1 heterocycles. The molecule has 1 aromatic carbocycles. The van der Waals surface area contributed by atoms with Gasteiger partial charge in [0, 0.05) is 24.7 Å². The van der Waals surface area contributed by atoms with Gasteiger partial charge in [0.25, 0.3) is 0 Å². The first-order valence-corrected chi connectivity index (χ1v) is 7.90. The van der Waals surface area contributed by atoms with Crippen LogP contribution in [0.4, 0.5) is 0 Å². The molecule has 1 fully saturated rings. The van der Waals surface area contributed by atoms with E-state index in [1.54, 1.807) is 0 Å². The molecular formula is C17H26N2O. The minimum Gasteiger partial charge on any atom is -0.378 e. The van der Waals surface area contributed by atoms with Crippen LogP contribution in [0.15, 0.2) is 24.3 Å². The molecule has 1 aromatic rings. The van der Waals surface area contributed by atoms with E-state index in [4.69, 9.17) is 10.5 Å². The third kappa shape index (κ3) is 2.39. The molecule has 0 amide bonds. The van der Waals surface area contributed by atoms with Crippen molar-refractivity contribution in [3.8, 4) is 0 Å². The van der Waals surface area contributed by atoms with E-state index in [0.717, 1.165) is 45.6 Å². The van der Waals surface area contributed by atoms with Gasteiger partial charge in [-0.1, -0.05) is 31.2 Å².